The van der Waals surface area contributed by atoms with Crippen LogP contribution in [0.5, 0.6) is 0 Å². The molecule has 3 rings (SSSR count). The third-order valence-corrected chi connectivity index (χ3v) is 5.53. The van der Waals surface area contributed by atoms with E-state index in [1.165, 1.54) is 18.7 Å². The van der Waals surface area contributed by atoms with E-state index in [0.29, 0.717) is 5.69 Å². The molecule has 0 fully saturated rings. The molecule has 0 aliphatic rings. The number of benzene rings is 3. The third-order valence-electron chi connectivity index (χ3n) is 4.45. The molecule has 0 heterocycles. The lowest BCUT2D eigenvalue weighted by atomic mass is 10.0. The molecule has 0 aliphatic heterocycles. The van der Waals surface area contributed by atoms with Crippen LogP contribution in [0.25, 0.3) is 0 Å². The maximum absolute atomic E-state index is 12.4. The molecule has 2 amide bonds. The SMILES string of the molecule is CC(=O)N[C@H](CC(=O)OCC(=O)Nc1ccccc1Sc1ccccc1)c1ccccc1. The first-order valence-corrected chi connectivity index (χ1v) is 10.9. The van der Waals surface area contributed by atoms with Crippen LogP contribution >= 0.6 is 11.8 Å². The predicted octanol–water partition coefficient (Wildman–Crippen LogP) is 4.59. The van der Waals surface area contributed by atoms with E-state index in [2.05, 4.69) is 10.6 Å². The Labute approximate surface area is 191 Å². The highest BCUT2D eigenvalue weighted by atomic mass is 32.2. The summed E-state index contributed by atoms with van der Waals surface area (Å²) in [4.78, 5) is 38.1. The Kier molecular flexibility index (Phi) is 8.45. The van der Waals surface area contributed by atoms with Gasteiger partial charge in [0.25, 0.3) is 5.91 Å². The first-order valence-electron chi connectivity index (χ1n) is 10.1. The highest BCUT2D eigenvalue weighted by molar-refractivity contribution is 7.99. The number of esters is 1. The summed E-state index contributed by atoms with van der Waals surface area (Å²) in [6, 6.07) is 25.9. The van der Waals surface area contributed by atoms with Crippen molar-refractivity contribution in [2.24, 2.45) is 0 Å². The Bertz CT molecular complexity index is 1060. The number of ether oxygens (including phenoxy) is 1. The average molecular weight is 449 g/mol. The molecule has 0 unspecified atom stereocenters. The van der Waals surface area contributed by atoms with Crippen molar-refractivity contribution in [3.8, 4) is 0 Å². The van der Waals surface area contributed by atoms with Crippen molar-refractivity contribution in [1.29, 1.82) is 0 Å². The summed E-state index contributed by atoms with van der Waals surface area (Å²) >= 11 is 1.53. The summed E-state index contributed by atoms with van der Waals surface area (Å²) in [5, 5.41) is 5.54. The molecule has 0 aromatic heterocycles. The van der Waals surface area contributed by atoms with Crippen LogP contribution in [-0.2, 0) is 19.1 Å². The Morgan fingerprint density at radius 3 is 2.19 bits per heavy atom. The lowest BCUT2D eigenvalue weighted by Gasteiger charge is -2.17. The molecule has 0 radical (unpaired) electrons. The van der Waals surface area contributed by atoms with E-state index >= 15 is 0 Å². The van der Waals surface area contributed by atoms with Gasteiger partial charge in [-0.05, 0) is 29.8 Å². The molecule has 32 heavy (non-hydrogen) atoms. The van der Waals surface area contributed by atoms with E-state index in [-0.39, 0.29) is 12.3 Å². The van der Waals surface area contributed by atoms with Gasteiger partial charge in [-0.25, -0.2) is 0 Å². The van der Waals surface area contributed by atoms with Crippen molar-refractivity contribution >= 4 is 35.2 Å². The summed E-state index contributed by atoms with van der Waals surface area (Å²) in [7, 11) is 0. The molecule has 0 bridgehead atoms. The van der Waals surface area contributed by atoms with Crippen molar-refractivity contribution in [3.05, 3.63) is 90.5 Å². The van der Waals surface area contributed by atoms with E-state index in [0.717, 1.165) is 15.4 Å². The Morgan fingerprint density at radius 1 is 0.875 bits per heavy atom. The lowest BCUT2D eigenvalue weighted by molar-refractivity contribution is -0.148. The third kappa shape index (κ3) is 7.28. The number of rotatable bonds is 9. The summed E-state index contributed by atoms with van der Waals surface area (Å²) in [5.74, 6) is -1.26. The standard InChI is InChI=1S/C25H24N2O4S/c1-18(28)26-22(19-10-4-2-5-11-19)16-25(30)31-17-24(29)27-21-14-8-9-15-23(21)32-20-12-6-3-7-13-20/h2-15,22H,16-17H2,1H3,(H,26,28)(H,27,29)/t22-/m1/s1. The Morgan fingerprint density at radius 2 is 1.50 bits per heavy atom. The molecule has 3 aromatic rings. The number of hydrogen-bond acceptors (Lipinski definition) is 5. The van der Waals surface area contributed by atoms with Gasteiger partial charge in [-0.15, -0.1) is 0 Å². The van der Waals surface area contributed by atoms with Gasteiger partial charge in [-0.1, -0.05) is 72.4 Å². The molecule has 164 valence electrons. The normalized spacial score (nSPS) is 11.3. The second kappa shape index (κ2) is 11.7. The predicted molar refractivity (Wildman–Crippen MR) is 124 cm³/mol. The zero-order valence-electron chi connectivity index (χ0n) is 17.6. The fourth-order valence-electron chi connectivity index (χ4n) is 3.02. The smallest absolute Gasteiger partial charge is 0.308 e. The van der Waals surface area contributed by atoms with Gasteiger partial charge in [-0.3, -0.25) is 14.4 Å². The zero-order valence-corrected chi connectivity index (χ0v) is 18.4. The Hall–Kier alpha value is -3.58. The number of carbonyl (C=O) groups excluding carboxylic acids is 3. The molecular formula is C25H24N2O4S. The van der Waals surface area contributed by atoms with Gasteiger partial charge >= 0.3 is 5.97 Å². The molecule has 0 saturated carbocycles. The number of carbonyl (C=O) groups is 3. The van der Waals surface area contributed by atoms with Crippen molar-refractivity contribution in [1.82, 2.24) is 5.32 Å². The first kappa shape index (κ1) is 23.1. The largest absolute Gasteiger partial charge is 0.455 e. The molecule has 0 saturated heterocycles. The second-order valence-electron chi connectivity index (χ2n) is 6.99. The van der Waals surface area contributed by atoms with Gasteiger partial charge in [0.1, 0.15) is 0 Å². The minimum absolute atomic E-state index is 0.0721. The number of hydrogen-bond donors (Lipinski definition) is 2. The molecule has 0 spiro atoms. The topological polar surface area (TPSA) is 84.5 Å². The van der Waals surface area contributed by atoms with E-state index in [9.17, 15) is 14.4 Å². The number of anilines is 1. The van der Waals surface area contributed by atoms with Crippen LogP contribution in [0, 0.1) is 0 Å². The van der Waals surface area contributed by atoms with Crippen LogP contribution in [0.3, 0.4) is 0 Å². The van der Waals surface area contributed by atoms with Crippen LogP contribution in [0.15, 0.2) is 94.7 Å². The molecule has 1 atom stereocenters. The molecule has 0 aliphatic carbocycles. The minimum atomic E-state index is -0.574. The van der Waals surface area contributed by atoms with Crippen molar-refractivity contribution in [2.45, 2.75) is 29.2 Å². The van der Waals surface area contributed by atoms with Gasteiger partial charge < -0.3 is 15.4 Å². The average Bonchev–Trinajstić information content (AvgIpc) is 2.79. The minimum Gasteiger partial charge on any atom is -0.455 e. The fourth-order valence-corrected chi connectivity index (χ4v) is 3.94. The first-order chi connectivity index (χ1) is 15.5. The molecule has 3 aromatic carbocycles. The van der Waals surface area contributed by atoms with Crippen LogP contribution in [0.4, 0.5) is 5.69 Å². The van der Waals surface area contributed by atoms with E-state index in [1.54, 1.807) is 6.07 Å². The fraction of sp³-hybridized carbons (Fsp3) is 0.160. The summed E-state index contributed by atoms with van der Waals surface area (Å²) < 4.78 is 5.16. The van der Waals surface area contributed by atoms with Crippen LogP contribution in [-0.4, -0.2) is 24.4 Å². The maximum Gasteiger partial charge on any atom is 0.308 e. The van der Waals surface area contributed by atoms with Crippen molar-refractivity contribution in [2.75, 3.05) is 11.9 Å². The molecule has 2 N–H and O–H groups in total. The number of para-hydroxylation sites is 1. The highest BCUT2D eigenvalue weighted by Gasteiger charge is 2.19. The summed E-state index contributed by atoms with van der Waals surface area (Å²) in [6.45, 7) is 0.977. The monoisotopic (exact) mass is 448 g/mol. The van der Waals surface area contributed by atoms with Gasteiger partial charge in [-0.2, -0.15) is 0 Å². The number of amides is 2. The maximum atomic E-state index is 12.4. The van der Waals surface area contributed by atoms with E-state index in [1.807, 2.05) is 78.9 Å². The highest BCUT2D eigenvalue weighted by Crippen LogP contribution is 2.33. The van der Waals surface area contributed by atoms with Gasteiger partial charge in [0.2, 0.25) is 5.91 Å². The quantitative estimate of drug-likeness (QED) is 0.468. The molecular weight excluding hydrogens is 424 g/mol. The number of nitrogens with one attached hydrogen (secondary N) is 2. The van der Waals surface area contributed by atoms with Crippen molar-refractivity contribution < 1.29 is 19.1 Å². The van der Waals surface area contributed by atoms with Gasteiger partial charge in [0, 0.05) is 16.7 Å². The van der Waals surface area contributed by atoms with Gasteiger partial charge in [0.05, 0.1) is 18.2 Å². The van der Waals surface area contributed by atoms with Crippen LogP contribution in [0.1, 0.15) is 24.9 Å². The van der Waals surface area contributed by atoms with E-state index in [4.69, 9.17) is 4.74 Å². The second-order valence-corrected chi connectivity index (χ2v) is 8.10. The van der Waals surface area contributed by atoms with E-state index < -0.39 is 24.5 Å². The zero-order chi connectivity index (χ0) is 22.8. The lowest BCUT2D eigenvalue weighted by Crippen LogP contribution is -2.29. The van der Waals surface area contributed by atoms with Crippen molar-refractivity contribution in [3.63, 3.8) is 0 Å². The van der Waals surface area contributed by atoms with Crippen LogP contribution < -0.4 is 10.6 Å². The van der Waals surface area contributed by atoms with Crippen LogP contribution in [0.2, 0.25) is 0 Å². The summed E-state index contributed by atoms with van der Waals surface area (Å²) in [6.07, 6.45) is -0.0721. The Balaban J connectivity index is 1.55. The summed E-state index contributed by atoms with van der Waals surface area (Å²) in [5.41, 5.74) is 1.43. The molecule has 6 nitrogen and oxygen atoms in total. The van der Waals surface area contributed by atoms with Gasteiger partial charge in [0.15, 0.2) is 6.61 Å². The molecule has 7 heteroatoms.